The first-order valence-corrected chi connectivity index (χ1v) is 6.24. The molecule has 2 rings (SSSR count). The van der Waals surface area contributed by atoms with E-state index in [0.717, 1.165) is 30.1 Å². The lowest BCUT2D eigenvalue weighted by molar-refractivity contribution is -0.137. The molecule has 0 radical (unpaired) electrons. The van der Waals surface area contributed by atoms with Crippen LogP contribution in [-0.4, -0.2) is 23.0 Å². The van der Waals surface area contributed by atoms with Gasteiger partial charge in [-0.3, -0.25) is 4.79 Å². The quantitative estimate of drug-likeness (QED) is 0.518. The number of carbonyl (C=O) groups is 1. The molecule has 0 bridgehead atoms. The summed E-state index contributed by atoms with van der Waals surface area (Å²) >= 11 is 1.12. The fourth-order valence-corrected chi connectivity index (χ4v) is 2.01. The Kier molecular flexibility index (Phi) is 4.07. The molecule has 1 saturated heterocycles. The zero-order valence-corrected chi connectivity index (χ0v) is 10.6. The first-order chi connectivity index (χ1) is 9.34. The third-order valence-electron chi connectivity index (χ3n) is 2.19. The van der Waals surface area contributed by atoms with E-state index in [-0.39, 0.29) is 22.4 Å². The van der Waals surface area contributed by atoms with Crippen molar-refractivity contribution in [1.29, 1.82) is 0 Å². The summed E-state index contributed by atoms with van der Waals surface area (Å²) in [6.07, 6.45) is -3.65. The Balaban J connectivity index is 2.17. The molecule has 106 valence electrons. The van der Waals surface area contributed by atoms with Crippen molar-refractivity contribution in [3.05, 3.63) is 35.1 Å². The Bertz CT molecular complexity index is 598. The zero-order chi connectivity index (χ0) is 14.8. The number of hydrogen-bond donors (Lipinski definition) is 1. The standard InChI is InChI=1S/C11H7F4N3OS/c12-8-2-6(1-7(3-8)11(13,14)15)4-16-18-10-17-9(19)5-20-10/h1-4H,5H2,(H,17,18,19). The number of carbonyl (C=O) groups excluding carboxylic acids is 1. The Morgan fingerprint density at radius 1 is 1.30 bits per heavy atom. The van der Waals surface area contributed by atoms with Gasteiger partial charge < -0.3 is 5.32 Å². The van der Waals surface area contributed by atoms with E-state index in [1.54, 1.807) is 0 Å². The highest BCUT2D eigenvalue weighted by molar-refractivity contribution is 8.15. The fourth-order valence-electron chi connectivity index (χ4n) is 1.38. The van der Waals surface area contributed by atoms with E-state index in [0.29, 0.717) is 6.07 Å². The van der Waals surface area contributed by atoms with Gasteiger partial charge >= 0.3 is 6.18 Å². The molecule has 1 amide bonds. The molecular weight excluding hydrogens is 298 g/mol. The van der Waals surface area contributed by atoms with E-state index in [1.165, 1.54) is 0 Å². The van der Waals surface area contributed by atoms with Crippen molar-refractivity contribution in [2.45, 2.75) is 6.18 Å². The molecule has 0 aromatic heterocycles. The summed E-state index contributed by atoms with van der Waals surface area (Å²) in [5.41, 5.74) is -1.17. The normalized spacial score (nSPS) is 18.0. The fraction of sp³-hybridized carbons (Fsp3) is 0.182. The van der Waals surface area contributed by atoms with Crippen LogP contribution in [-0.2, 0) is 11.0 Å². The first kappa shape index (κ1) is 14.5. The van der Waals surface area contributed by atoms with Crippen LogP contribution in [0.1, 0.15) is 11.1 Å². The largest absolute Gasteiger partial charge is 0.416 e. The zero-order valence-electron chi connectivity index (χ0n) is 9.74. The molecule has 1 fully saturated rings. The molecule has 1 aliphatic rings. The van der Waals surface area contributed by atoms with Crippen molar-refractivity contribution in [2.24, 2.45) is 10.2 Å². The van der Waals surface area contributed by atoms with Gasteiger partial charge in [0.25, 0.3) is 0 Å². The smallest absolute Gasteiger partial charge is 0.303 e. The van der Waals surface area contributed by atoms with E-state index in [9.17, 15) is 22.4 Å². The number of halogens is 4. The minimum atomic E-state index is -4.63. The maximum atomic E-state index is 13.1. The second kappa shape index (κ2) is 5.61. The lowest BCUT2D eigenvalue weighted by atomic mass is 10.1. The lowest BCUT2D eigenvalue weighted by Crippen LogP contribution is -2.19. The van der Waals surface area contributed by atoms with Gasteiger partial charge in [0.1, 0.15) is 5.82 Å². The van der Waals surface area contributed by atoms with Gasteiger partial charge in [-0.15, -0.1) is 5.10 Å². The van der Waals surface area contributed by atoms with Gasteiger partial charge in [0, 0.05) is 0 Å². The van der Waals surface area contributed by atoms with Crippen LogP contribution in [0.5, 0.6) is 0 Å². The van der Waals surface area contributed by atoms with Crippen molar-refractivity contribution in [3.63, 3.8) is 0 Å². The maximum Gasteiger partial charge on any atom is 0.416 e. The molecule has 1 heterocycles. The van der Waals surface area contributed by atoms with Crippen molar-refractivity contribution in [1.82, 2.24) is 5.32 Å². The molecule has 0 saturated carbocycles. The highest BCUT2D eigenvalue weighted by atomic mass is 32.2. The van der Waals surface area contributed by atoms with E-state index in [4.69, 9.17) is 0 Å². The molecule has 9 heteroatoms. The van der Waals surface area contributed by atoms with Crippen molar-refractivity contribution in [3.8, 4) is 0 Å². The Labute approximate surface area is 115 Å². The Morgan fingerprint density at radius 3 is 2.65 bits per heavy atom. The van der Waals surface area contributed by atoms with Crippen molar-refractivity contribution in [2.75, 3.05) is 5.75 Å². The number of thioether (sulfide) groups is 1. The summed E-state index contributed by atoms with van der Waals surface area (Å²) in [5, 5.41) is 9.76. The van der Waals surface area contributed by atoms with Gasteiger partial charge in [-0.1, -0.05) is 11.8 Å². The van der Waals surface area contributed by atoms with Crippen LogP contribution in [0.2, 0.25) is 0 Å². The van der Waals surface area contributed by atoms with E-state index >= 15 is 0 Å². The molecule has 20 heavy (non-hydrogen) atoms. The highest BCUT2D eigenvalue weighted by Crippen LogP contribution is 2.30. The number of amides is 1. The molecule has 1 aromatic rings. The summed E-state index contributed by atoms with van der Waals surface area (Å²) in [6.45, 7) is 0. The van der Waals surface area contributed by atoms with E-state index in [1.807, 2.05) is 0 Å². The average Bonchev–Trinajstić information content (AvgIpc) is 2.73. The first-order valence-electron chi connectivity index (χ1n) is 5.26. The average molecular weight is 305 g/mol. The monoisotopic (exact) mass is 305 g/mol. The number of benzene rings is 1. The number of alkyl halides is 3. The van der Waals surface area contributed by atoms with Crippen LogP contribution in [0.15, 0.2) is 28.4 Å². The minimum Gasteiger partial charge on any atom is -0.303 e. The molecule has 1 N–H and O–H groups in total. The van der Waals surface area contributed by atoms with Crippen LogP contribution in [0.4, 0.5) is 17.6 Å². The Morgan fingerprint density at radius 2 is 2.05 bits per heavy atom. The van der Waals surface area contributed by atoms with Crippen LogP contribution in [0.3, 0.4) is 0 Å². The minimum absolute atomic E-state index is 0.0731. The number of nitrogens with one attached hydrogen (secondary N) is 1. The molecule has 0 unspecified atom stereocenters. The molecule has 0 aliphatic carbocycles. The van der Waals surface area contributed by atoms with Gasteiger partial charge in [0.05, 0.1) is 17.5 Å². The van der Waals surface area contributed by atoms with Gasteiger partial charge in [-0.25, -0.2) is 4.39 Å². The number of hydrogen-bond acceptors (Lipinski definition) is 4. The van der Waals surface area contributed by atoms with Crippen LogP contribution in [0.25, 0.3) is 0 Å². The van der Waals surface area contributed by atoms with Crippen molar-refractivity contribution >= 4 is 29.1 Å². The summed E-state index contributed by atoms with van der Waals surface area (Å²) < 4.78 is 50.5. The van der Waals surface area contributed by atoms with Gasteiger partial charge in [-0.05, 0) is 23.8 Å². The number of rotatable bonds is 2. The van der Waals surface area contributed by atoms with Gasteiger partial charge in [0.2, 0.25) is 5.91 Å². The lowest BCUT2D eigenvalue weighted by Gasteiger charge is -2.07. The predicted octanol–water partition coefficient (Wildman–Crippen LogP) is 2.40. The summed E-state index contributed by atoms with van der Waals surface area (Å²) in [6, 6.07) is 2.06. The summed E-state index contributed by atoms with van der Waals surface area (Å²) in [4.78, 5) is 10.8. The molecule has 4 nitrogen and oxygen atoms in total. The third-order valence-corrected chi connectivity index (χ3v) is 3.05. The summed E-state index contributed by atoms with van der Waals surface area (Å²) in [5.74, 6) is -1.03. The predicted molar refractivity (Wildman–Crippen MR) is 67.0 cm³/mol. The third kappa shape index (κ3) is 3.80. The molecule has 0 spiro atoms. The molecule has 1 aliphatic heterocycles. The summed E-state index contributed by atoms with van der Waals surface area (Å²) in [7, 11) is 0. The van der Waals surface area contributed by atoms with Crippen LogP contribution >= 0.6 is 11.8 Å². The number of nitrogens with zero attached hydrogens (tertiary/aromatic N) is 2. The topological polar surface area (TPSA) is 53.8 Å². The van der Waals surface area contributed by atoms with Crippen molar-refractivity contribution < 1.29 is 22.4 Å². The molecule has 0 atom stereocenters. The van der Waals surface area contributed by atoms with Crippen LogP contribution < -0.4 is 5.32 Å². The highest BCUT2D eigenvalue weighted by Gasteiger charge is 2.31. The van der Waals surface area contributed by atoms with Crippen LogP contribution in [0, 0.1) is 5.82 Å². The van der Waals surface area contributed by atoms with Gasteiger partial charge in [0.15, 0.2) is 5.17 Å². The number of amidine groups is 1. The second-order valence-corrected chi connectivity index (χ2v) is 4.72. The SMILES string of the molecule is O=C1CSC(=NN=Cc2cc(F)cc(C(F)(F)F)c2)N1. The molecule has 1 aromatic carbocycles. The maximum absolute atomic E-state index is 13.1. The van der Waals surface area contributed by atoms with E-state index in [2.05, 4.69) is 15.5 Å². The Hall–Kier alpha value is -1.90. The molecular formula is C11H7F4N3OS. The second-order valence-electron chi connectivity index (χ2n) is 3.76. The van der Waals surface area contributed by atoms with E-state index < -0.39 is 17.6 Å². The van der Waals surface area contributed by atoms with Gasteiger partial charge in [-0.2, -0.15) is 18.3 Å².